The van der Waals surface area contributed by atoms with Crippen LogP contribution in [0.25, 0.3) is 11.4 Å². The molecule has 0 aliphatic carbocycles. The molecule has 3 atom stereocenters. The van der Waals surface area contributed by atoms with Crippen molar-refractivity contribution in [1.29, 1.82) is 0 Å². The number of hydrogen-bond donors (Lipinski definition) is 0. The van der Waals surface area contributed by atoms with Crippen molar-refractivity contribution in [1.82, 2.24) is 10.1 Å². The van der Waals surface area contributed by atoms with Crippen LogP contribution < -0.4 is 0 Å². The molecular weight excluding hydrogens is 337 g/mol. The number of aromatic nitrogens is 2. The van der Waals surface area contributed by atoms with E-state index in [4.69, 9.17) is 14.0 Å². The zero-order chi connectivity index (χ0) is 17.4. The number of alkyl halides is 3. The maximum atomic E-state index is 12.6. The molecule has 0 spiro atoms. The fourth-order valence-corrected chi connectivity index (χ4v) is 3.31. The first-order valence-corrected chi connectivity index (χ1v) is 8.29. The van der Waals surface area contributed by atoms with Gasteiger partial charge in [0, 0.05) is 12.2 Å². The third-order valence-corrected chi connectivity index (χ3v) is 4.62. The molecule has 3 unspecified atom stereocenters. The molecule has 0 radical (unpaired) electrons. The molecule has 0 N–H and O–H groups in total. The number of hydrogen-bond acceptors (Lipinski definition) is 5. The molecule has 25 heavy (non-hydrogen) atoms. The summed E-state index contributed by atoms with van der Waals surface area (Å²) in [6.07, 6.45) is -0.810. The molecule has 1 aromatic carbocycles. The van der Waals surface area contributed by atoms with E-state index in [2.05, 4.69) is 10.1 Å². The van der Waals surface area contributed by atoms with Crippen LogP contribution in [-0.2, 0) is 15.7 Å². The minimum atomic E-state index is -4.37. The van der Waals surface area contributed by atoms with Gasteiger partial charge in [0.05, 0.1) is 17.8 Å². The number of ether oxygens (including phenoxy) is 2. The number of benzene rings is 1. The number of nitrogens with zero attached hydrogens (tertiary/aromatic N) is 2. The van der Waals surface area contributed by atoms with Gasteiger partial charge in [0.15, 0.2) is 0 Å². The van der Waals surface area contributed by atoms with Crippen LogP contribution >= 0.6 is 0 Å². The first kappa shape index (κ1) is 16.5. The summed E-state index contributed by atoms with van der Waals surface area (Å²) in [5.74, 6) is 0.614. The summed E-state index contributed by atoms with van der Waals surface area (Å²) in [7, 11) is 0. The summed E-state index contributed by atoms with van der Waals surface area (Å²) in [6, 6.07) is 4.68. The van der Waals surface area contributed by atoms with Gasteiger partial charge in [-0.1, -0.05) is 17.3 Å². The maximum Gasteiger partial charge on any atom is 0.416 e. The Morgan fingerprint density at radius 3 is 2.48 bits per heavy atom. The van der Waals surface area contributed by atoms with E-state index in [0.29, 0.717) is 11.5 Å². The Bertz CT molecular complexity index is 723. The van der Waals surface area contributed by atoms with E-state index in [0.717, 1.165) is 44.4 Å². The molecule has 3 heterocycles. The van der Waals surface area contributed by atoms with Crippen LogP contribution in [0.5, 0.6) is 0 Å². The van der Waals surface area contributed by atoms with Crippen molar-refractivity contribution in [2.24, 2.45) is 0 Å². The van der Waals surface area contributed by atoms with Crippen LogP contribution in [-0.4, -0.2) is 29.0 Å². The SMILES string of the molecule is FC(F)(F)c1ccc(-c2noc(C3CCC(C4CCCO4)O3)n2)cc1. The van der Waals surface area contributed by atoms with Gasteiger partial charge >= 0.3 is 6.18 Å². The minimum absolute atomic E-state index is 0.0360. The van der Waals surface area contributed by atoms with Gasteiger partial charge in [-0.25, -0.2) is 0 Å². The zero-order valence-electron chi connectivity index (χ0n) is 13.3. The molecule has 0 amide bonds. The van der Waals surface area contributed by atoms with E-state index in [1.807, 2.05) is 0 Å². The van der Waals surface area contributed by atoms with Gasteiger partial charge in [0.1, 0.15) is 6.10 Å². The monoisotopic (exact) mass is 354 g/mol. The lowest BCUT2D eigenvalue weighted by molar-refractivity contribution is -0.137. The lowest BCUT2D eigenvalue weighted by Gasteiger charge is -2.17. The van der Waals surface area contributed by atoms with Gasteiger partial charge in [0.25, 0.3) is 5.89 Å². The molecule has 2 aliphatic heterocycles. The van der Waals surface area contributed by atoms with Crippen molar-refractivity contribution in [2.45, 2.75) is 50.2 Å². The van der Waals surface area contributed by atoms with Gasteiger partial charge in [-0.2, -0.15) is 18.2 Å². The van der Waals surface area contributed by atoms with E-state index in [1.54, 1.807) is 0 Å². The number of rotatable bonds is 3. The number of halogens is 3. The second-order valence-corrected chi connectivity index (χ2v) is 6.32. The first-order valence-electron chi connectivity index (χ1n) is 8.29. The molecular formula is C17H17F3N2O3. The summed E-state index contributed by atoms with van der Waals surface area (Å²) >= 11 is 0. The summed E-state index contributed by atoms with van der Waals surface area (Å²) in [6.45, 7) is 0.772. The summed E-state index contributed by atoms with van der Waals surface area (Å²) in [5.41, 5.74) is -0.241. The Hall–Kier alpha value is -1.93. The minimum Gasteiger partial charge on any atom is -0.376 e. The molecule has 5 nitrogen and oxygen atoms in total. The van der Waals surface area contributed by atoms with Crippen LogP contribution in [0, 0.1) is 0 Å². The molecule has 0 saturated carbocycles. The topological polar surface area (TPSA) is 57.4 Å². The third-order valence-electron chi connectivity index (χ3n) is 4.62. The normalized spacial score (nSPS) is 27.1. The van der Waals surface area contributed by atoms with Crippen LogP contribution in [0.15, 0.2) is 28.8 Å². The predicted octanol–water partition coefficient (Wildman–Crippen LogP) is 4.15. The zero-order valence-corrected chi connectivity index (χ0v) is 13.3. The van der Waals surface area contributed by atoms with Crippen molar-refractivity contribution in [3.05, 3.63) is 35.7 Å². The molecule has 4 rings (SSSR count). The van der Waals surface area contributed by atoms with E-state index in [1.165, 1.54) is 12.1 Å². The standard InChI is InChI=1S/C17H17F3N2O3/c18-17(19,20)11-5-3-10(4-6-11)15-21-16(25-22-15)14-8-7-13(24-14)12-2-1-9-23-12/h3-6,12-14H,1-2,7-9H2. The second-order valence-electron chi connectivity index (χ2n) is 6.32. The van der Waals surface area contributed by atoms with Crippen molar-refractivity contribution < 1.29 is 27.2 Å². The Morgan fingerprint density at radius 2 is 1.80 bits per heavy atom. The summed E-state index contributed by atoms with van der Waals surface area (Å²) in [4.78, 5) is 4.29. The van der Waals surface area contributed by atoms with Crippen molar-refractivity contribution >= 4 is 0 Å². The fourth-order valence-electron chi connectivity index (χ4n) is 3.31. The average molecular weight is 354 g/mol. The highest BCUT2D eigenvalue weighted by atomic mass is 19.4. The molecule has 2 aromatic rings. The fraction of sp³-hybridized carbons (Fsp3) is 0.529. The third kappa shape index (κ3) is 3.41. The van der Waals surface area contributed by atoms with Crippen LogP contribution in [0.4, 0.5) is 13.2 Å². The molecule has 134 valence electrons. The molecule has 0 bridgehead atoms. The van der Waals surface area contributed by atoms with Crippen LogP contribution in [0.3, 0.4) is 0 Å². The quantitative estimate of drug-likeness (QED) is 0.829. The average Bonchev–Trinajstić information content (AvgIpc) is 3.33. The molecule has 8 heteroatoms. The Balaban J connectivity index is 1.45. The van der Waals surface area contributed by atoms with E-state index in [9.17, 15) is 13.2 Å². The van der Waals surface area contributed by atoms with Crippen molar-refractivity contribution in [3.63, 3.8) is 0 Å². The van der Waals surface area contributed by atoms with Crippen LogP contribution in [0.1, 0.15) is 43.2 Å². The Labute approximate surface area is 142 Å². The predicted molar refractivity (Wildman–Crippen MR) is 80.6 cm³/mol. The van der Waals surface area contributed by atoms with E-state index < -0.39 is 11.7 Å². The van der Waals surface area contributed by atoms with Gasteiger partial charge in [-0.15, -0.1) is 0 Å². The molecule has 2 saturated heterocycles. The molecule has 2 fully saturated rings. The van der Waals surface area contributed by atoms with Crippen LogP contribution in [0.2, 0.25) is 0 Å². The Kier molecular flexibility index (Phi) is 4.24. The van der Waals surface area contributed by atoms with Crippen molar-refractivity contribution in [2.75, 3.05) is 6.61 Å². The maximum absolute atomic E-state index is 12.6. The molecule has 1 aromatic heterocycles. The summed E-state index contributed by atoms with van der Waals surface area (Å²) in [5, 5.41) is 3.87. The summed E-state index contributed by atoms with van der Waals surface area (Å²) < 4.78 is 54.7. The van der Waals surface area contributed by atoms with Gasteiger partial charge in [0.2, 0.25) is 5.82 Å². The van der Waals surface area contributed by atoms with Crippen molar-refractivity contribution in [3.8, 4) is 11.4 Å². The highest BCUT2D eigenvalue weighted by Gasteiger charge is 2.37. The highest BCUT2D eigenvalue weighted by Crippen LogP contribution is 2.37. The second kappa shape index (κ2) is 6.42. The van der Waals surface area contributed by atoms with Gasteiger partial charge < -0.3 is 14.0 Å². The lowest BCUT2D eigenvalue weighted by atomic mass is 10.1. The smallest absolute Gasteiger partial charge is 0.376 e. The first-order chi connectivity index (χ1) is 12.0. The van der Waals surface area contributed by atoms with E-state index >= 15 is 0 Å². The largest absolute Gasteiger partial charge is 0.416 e. The Morgan fingerprint density at radius 1 is 1.00 bits per heavy atom. The van der Waals surface area contributed by atoms with E-state index in [-0.39, 0.29) is 24.1 Å². The van der Waals surface area contributed by atoms with Gasteiger partial charge in [-0.05, 0) is 37.8 Å². The van der Waals surface area contributed by atoms with Gasteiger partial charge in [-0.3, -0.25) is 0 Å². The highest BCUT2D eigenvalue weighted by molar-refractivity contribution is 5.54. The molecule has 2 aliphatic rings. The lowest BCUT2D eigenvalue weighted by Crippen LogP contribution is -2.24.